The van der Waals surface area contributed by atoms with Gasteiger partial charge in [0.25, 0.3) is 0 Å². The lowest BCUT2D eigenvalue weighted by atomic mass is 10.00. The standard InChI is InChI=1S/C16H27N5/c1-12-6-5-8-20(10-12)15-14(17)16(19-11-18-15)21-9-4-3-7-13(21)2/h11-13H,3-10,17H2,1-2H3. The van der Waals surface area contributed by atoms with Crippen LogP contribution < -0.4 is 15.5 Å². The summed E-state index contributed by atoms with van der Waals surface area (Å²) in [4.78, 5) is 13.7. The van der Waals surface area contributed by atoms with E-state index in [2.05, 4.69) is 33.6 Å². The topological polar surface area (TPSA) is 58.3 Å². The summed E-state index contributed by atoms with van der Waals surface area (Å²) in [6.45, 7) is 7.73. The Bertz CT molecular complexity index is 490. The molecule has 2 fully saturated rings. The molecule has 0 spiro atoms. The van der Waals surface area contributed by atoms with E-state index in [0.717, 1.165) is 37.0 Å². The summed E-state index contributed by atoms with van der Waals surface area (Å²) >= 11 is 0. The van der Waals surface area contributed by atoms with Crippen molar-refractivity contribution < 1.29 is 0 Å². The minimum absolute atomic E-state index is 0.518. The van der Waals surface area contributed by atoms with Crippen molar-refractivity contribution in [1.29, 1.82) is 0 Å². The van der Waals surface area contributed by atoms with Gasteiger partial charge in [0.1, 0.15) is 12.0 Å². The van der Waals surface area contributed by atoms with Gasteiger partial charge >= 0.3 is 0 Å². The molecule has 0 amide bonds. The molecule has 2 saturated heterocycles. The van der Waals surface area contributed by atoms with Crippen LogP contribution in [0.5, 0.6) is 0 Å². The van der Waals surface area contributed by atoms with Gasteiger partial charge in [-0.05, 0) is 44.9 Å². The molecule has 0 aliphatic carbocycles. The average Bonchev–Trinajstić information content (AvgIpc) is 2.48. The van der Waals surface area contributed by atoms with E-state index in [1.165, 1.54) is 32.1 Å². The number of rotatable bonds is 2. The van der Waals surface area contributed by atoms with Gasteiger partial charge in [-0.1, -0.05) is 6.92 Å². The van der Waals surface area contributed by atoms with Crippen LogP contribution in [0, 0.1) is 5.92 Å². The lowest BCUT2D eigenvalue weighted by Gasteiger charge is -2.37. The maximum Gasteiger partial charge on any atom is 0.157 e. The molecule has 3 heterocycles. The van der Waals surface area contributed by atoms with Crippen molar-refractivity contribution in [3.8, 4) is 0 Å². The van der Waals surface area contributed by atoms with Gasteiger partial charge in [0, 0.05) is 25.7 Å². The second kappa shape index (κ2) is 6.08. The number of hydrogen-bond donors (Lipinski definition) is 1. The number of nitrogen functional groups attached to an aromatic ring is 1. The van der Waals surface area contributed by atoms with Crippen molar-refractivity contribution in [1.82, 2.24) is 9.97 Å². The first-order chi connectivity index (χ1) is 10.2. The number of aromatic nitrogens is 2. The Labute approximate surface area is 127 Å². The van der Waals surface area contributed by atoms with Gasteiger partial charge in [-0.2, -0.15) is 0 Å². The third-order valence-corrected chi connectivity index (χ3v) is 4.87. The Hall–Kier alpha value is -1.52. The van der Waals surface area contributed by atoms with E-state index < -0.39 is 0 Å². The molecule has 21 heavy (non-hydrogen) atoms. The molecule has 3 rings (SSSR count). The van der Waals surface area contributed by atoms with Crippen LogP contribution in [0.4, 0.5) is 17.3 Å². The Balaban J connectivity index is 1.87. The van der Waals surface area contributed by atoms with E-state index in [-0.39, 0.29) is 0 Å². The first-order valence-corrected chi connectivity index (χ1v) is 8.29. The van der Waals surface area contributed by atoms with Gasteiger partial charge in [-0.25, -0.2) is 9.97 Å². The zero-order valence-electron chi connectivity index (χ0n) is 13.3. The number of nitrogens with zero attached hydrogens (tertiary/aromatic N) is 4. The molecular weight excluding hydrogens is 262 g/mol. The summed E-state index contributed by atoms with van der Waals surface area (Å²) in [5.74, 6) is 2.58. The SMILES string of the molecule is CC1CCCN(c2ncnc(N3CCCCC3C)c2N)C1. The van der Waals surface area contributed by atoms with Gasteiger partial charge in [0.15, 0.2) is 11.6 Å². The third-order valence-electron chi connectivity index (χ3n) is 4.87. The second-order valence-corrected chi connectivity index (χ2v) is 6.67. The van der Waals surface area contributed by atoms with Crippen LogP contribution in [-0.2, 0) is 0 Å². The predicted molar refractivity (Wildman–Crippen MR) is 87.7 cm³/mol. The molecule has 0 radical (unpaired) electrons. The molecule has 1 aromatic rings. The molecule has 0 saturated carbocycles. The maximum absolute atomic E-state index is 6.44. The third kappa shape index (κ3) is 2.92. The highest BCUT2D eigenvalue weighted by Crippen LogP contribution is 2.34. The van der Waals surface area contributed by atoms with Crippen LogP contribution in [0.15, 0.2) is 6.33 Å². The number of anilines is 3. The monoisotopic (exact) mass is 289 g/mol. The number of nitrogens with two attached hydrogens (primary N) is 1. The molecule has 1 aromatic heterocycles. The Morgan fingerprint density at radius 2 is 1.86 bits per heavy atom. The molecule has 2 N–H and O–H groups in total. The fraction of sp³-hybridized carbons (Fsp3) is 0.750. The highest BCUT2D eigenvalue weighted by Gasteiger charge is 2.26. The normalized spacial score (nSPS) is 27.0. The van der Waals surface area contributed by atoms with Crippen LogP contribution >= 0.6 is 0 Å². The number of hydrogen-bond acceptors (Lipinski definition) is 5. The zero-order chi connectivity index (χ0) is 14.8. The minimum atomic E-state index is 0.518. The van der Waals surface area contributed by atoms with Crippen molar-refractivity contribution >= 4 is 17.3 Å². The van der Waals surface area contributed by atoms with Gasteiger partial charge < -0.3 is 15.5 Å². The first-order valence-electron chi connectivity index (χ1n) is 8.29. The van der Waals surface area contributed by atoms with Crippen molar-refractivity contribution in [2.45, 2.75) is 52.0 Å². The molecule has 2 aliphatic heterocycles. The summed E-state index contributed by atoms with van der Waals surface area (Å²) in [6, 6.07) is 0.518. The van der Waals surface area contributed by atoms with Crippen molar-refractivity contribution in [3.05, 3.63) is 6.33 Å². The summed E-state index contributed by atoms with van der Waals surface area (Å²) in [5.41, 5.74) is 7.21. The summed E-state index contributed by atoms with van der Waals surface area (Å²) in [7, 11) is 0. The molecule has 0 aromatic carbocycles. The fourth-order valence-electron chi connectivity index (χ4n) is 3.65. The van der Waals surface area contributed by atoms with E-state index in [1.54, 1.807) is 6.33 Å². The van der Waals surface area contributed by atoms with Crippen LogP contribution in [0.2, 0.25) is 0 Å². The Morgan fingerprint density at radius 3 is 2.62 bits per heavy atom. The Kier molecular flexibility index (Phi) is 4.17. The molecule has 2 atom stereocenters. The molecule has 2 unspecified atom stereocenters. The van der Waals surface area contributed by atoms with E-state index >= 15 is 0 Å². The number of piperidine rings is 2. The fourth-order valence-corrected chi connectivity index (χ4v) is 3.65. The minimum Gasteiger partial charge on any atom is -0.393 e. The van der Waals surface area contributed by atoms with Gasteiger partial charge in [0.2, 0.25) is 0 Å². The average molecular weight is 289 g/mol. The van der Waals surface area contributed by atoms with Gasteiger partial charge in [-0.15, -0.1) is 0 Å². The molecule has 5 heteroatoms. The summed E-state index contributed by atoms with van der Waals surface area (Å²) < 4.78 is 0. The van der Waals surface area contributed by atoms with Crippen molar-refractivity contribution in [3.63, 3.8) is 0 Å². The van der Waals surface area contributed by atoms with E-state index in [1.807, 2.05) is 0 Å². The van der Waals surface area contributed by atoms with Crippen LogP contribution in [-0.4, -0.2) is 35.6 Å². The lowest BCUT2D eigenvalue weighted by molar-refractivity contribution is 0.444. The summed E-state index contributed by atoms with van der Waals surface area (Å²) in [6.07, 6.45) is 7.96. The Morgan fingerprint density at radius 1 is 1.05 bits per heavy atom. The van der Waals surface area contributed by atoms with Crippen molar-refractivity contribution in [2.24, 2.45) is 5.92 Å². The van der Waals surface area contributed by atoms with Gasteiger partial charge in [0.05, 0.1) is 0 Å². The first kappa shape index (κ1) is 14.4. The quantitative estimate of drug-likeness (QED) is 0.907. The van der Waals surface area contributed by atoms with E-state index in [0.29, 0.717) is 12.0 Å². The van der Waals surface area contributed by atoms with Gasteiger partial charge in [-0.3, -0.25) is 0 Å². The van der Waals surface area contributed by atoms with Crippen LogP contribution in [0.25, 0.3) is 0 Å². The van der Waals surface area contributed by atoms with Crippen molar-refractivity contribution in [2.75, 3.05) is 35.2 Å². The van der Waals surface area contributed by atoms with E-state index in [9.17, 15) is 0 Å². The smallest absolute Gasteiger partial charge is 0.157 e. The molecule has 0 bridgehead atoms. The van der Waals surface area contributed by atoms with Crippen LogP contribution in [0.1, 0.15) is 46.0 Å². The maximum atomic E-state index is 6.44. The molecule has 116 valence electrons. The molecular formula is C16H27N5. The zero-order valence-corrected chi connectivity index (χ0v) is 13.3. The van der Waals surface area contributed by atoms with E-state index in [4.69, 9.17) is 5.73 Å². The van der Waals surface area contributed by atoms with Crippen LogP contribution in [0.3, 0.4) is 0 Å². The molecule has 2 aliphatic rings. The predicted octanol–water partition coefficient (Wildman–Crippen LogP) is 2.67. The highest BCUT2D eigenvalue weighted by atomic mass is 15.3. The second-order valence-electron chi connectivity index (χ2n) is 6.67. The largest absolute Gasteiger partial charge is 0.393 e. The summed E-state index contributed by atoms with van der Waals surface area (Å²) in [5, 5.41) is 0. The molecule has 5 nitrogen and oxygen atoms in total. The highest BCUT2D eigenvalue weighted by molar-refractivity contribution is 5.76. The lowest BCUT2D eigenvalue weighted by Crippen LogP contribution is -2.39.